The van der Waals surface area contributed by atoms with Gasteiger partial charge in [0, 0.05) is 12.7 Å². The van der Waals surface area contributed by atoms with Crippen LogP contribution >= 0.6 is 11.8 Å². The molecule has 3 rings (SSSR count). The van der Waals surface area contributed by atoms with Crippen LogP contribution in [0.25, 0.3) is 17.0 Å². The number of rotatable bonds is 4. The Morgan fingerprint density at radius 1 is 1.18 bits per heavy atom. The third-order valence-corrected chi connectivity index (χ3v) is 5.95. The molecule has 0 radical (unpaired) electrons. The van der Waals surface area contributed by atoms with Crippen LogP contribution in [0.3, 0.4) is 0 Å². The van der Waals surface area contributed by atoms with Crippen LogP contribution < -0.4 is 11.4 Å². The molecule has 0 aliphatic carbocycles. The van der Waals surface area contributed by atoms with Gasteiger partial charge in [-0.15, -0.1) is 0 Å². The zero-order valence-electron chi connectivity index (χ0n) is 16.5. The molecule has 1 fully saturated rings. The molecule has 0 amide bonds. The molecule has 1 aromatic carbocycles. The highest BCUT2D eigenvalue weighted by atomic mass is 32.2. The van der Waals surface area contributed by atoms with Gasteiger partial charge in [-0.25, -0.2) is 9.59 Å². The van der Waals surface area contributed by atoms with Gasteiger partial charge in [0.1, 0.15) is 0 Å². The van der Waals surface area contributed by atoms with Crippen molar-refractivity contribution in [2.45, 2.75) is 45.8 Å². The fourth-order valence-electron chi connectivity index (χ4n) is 2.85. The lowest BCUT2D eigenvalue weighted by Gasteiger charge is -2.32. The van der Waals surface area contributed by atoms with Gasteiger partial charge >= 0.3 is 18.5 Å². The van der Waals surface area contributed by atoms with Crippen LogP contribution in [0.15, 0.2) is 37.7 Å². The molecule has 1 saturated heterocycles. The first kappa shape index (κ1) is 20.6. The number of benzene rings is 1. The number of thioether (sulfide) groups is 1. The smallest absolute Gasteiger partial charge is 0.400 e. The maximum absolute atomic E-state index is 12.3. The summed E-state index contributed by atoms with van der Waals surface area (Å²) in [5.74, 6) is -0.464. The average Bonchev–Trinajstić information content (AvgIpc) is 2.78. The Morgan fingerprint density at radius 2 is 1.82 bits per heavy atom. The van der Waals surface area contributed by atoms with Crippen LogP contribution in [0.5, 0.6) is 0 Å². The predicted molar refractivity (Wildman–Crippen MR) is 110 cm³/mol. The average molecular weight is 403 g/mol. The van der Waals surface area contributed by atoms with E-state index >= 15 is 0 Å². The highest BCUT2D eigenvalue weighted by Crippen LogP contribution is 2.39. The summed E-state index contributed by atoms with van der Waals surface area (Å²) in [6, 6.07) is 5.09. The first-order chi connectivity index (χ1) is 13.0. The van der Waals surface area contributed by atoms with Crippen molar-refractivity contribution >= 4 is 41.0 Å². The number of nitrogens with one attached hydrogen (secondary N) is 1. The van der Waals surface area contributed by atoms with Crippen molar-refractivity contribution in [1.29, 1.82) is 0 Å². The van der Waals surface area contributed by atoms with Crippen molar-refractivity contribution in [3.8, 4) is 0 Å². The minimum absolute atomic E-state index is 0.0378. The van der Waals surface area contributed by atoms with E-state index < -0.39 is 29.7 Å². The Balaban J connectivity index is 2.11. The summed E-state index contributed by atoms with van der Waals surface area (Å²) in [6.07, 6.45) is 1.76. The lowest BCUT2D eigenvalue weighted by atomic mass is 9.78. The molecular weight excluding hydrogens is 381 g/mol. The highest BCUT2D eigenvalue weighted by Gasteiger charge is 2.52. The van der Waals surface area contributed by atoms with E-state index in [4.69, 9.17) is 9.31 Å². The van der Waals surface area contributed by atoms with Crippen LogP contribution in [0.2, 0.25) is 0 Å². The van der Waals surface area contributed by atoms with Crippen LogP contribution in [-0.2, 0) is 14.1 Å². The van der Waals surface area contributed by atoms with E-state index in [1.807, 2.05) is 27.7 Å². The third kappa shape index (κ3) is 4.01. The maximum Gasteiger partial charge on any atom is 0.491 e. The lowest BCUT2D eigenvalue weighted by molar-refractivity contribution is -0.109. The van der Waals surface area contributed by atoms with E-state index in [1.54, 1.807) is 24.3 Å². The summed E-state index contributed by atoms with van der Waals surface area (Å²) in [5.41, 5.74) is -0.171. The quantitative estimate of drug-likeness (QED) is 0.784. The van der Waals surface area contributed by atoms with Crippen molar-refractivity contribution in [2.75, 3.05) is 5.75 Å². The Labute approximate surface area is 166 Å². The Kier molecular flexibility index (Phi) is 5.44. The fourth-order valence-corrected chi connectivity index (χ4v) is 3.44. The number of hydrogen-bond acceptors (Lipinski definition) is 7. The van der Waals surface area contributed by atoms with E-state index in [9.17, 15) is 14.4 Å². The van der Waals surface area contributed by atoms with Gasteiger partial charge < -0.3 is 13.7 Å². The first-order valence-corrected chi connectivity index (χ1v) is 9.84. The third-order valence-electron chi connectivity index (χ3n) is 5.06. The van der Waals surface area contributed by atoms with E-state index in [1.165, 1.54) is 6.92 Å². The number of aromatic nitrogens is 1. The van der Waals surface area contributed by atoms with E-state index in [0.29, 0.717) is 22.3 Å². The molecule has 0 saturated carbocycles. The van der Waals surface area contributed by atoms with Crippen molar-refractivity contribution in [3.05, 3.63) is 50.2 Å². The number of aromatic amines is 1. The van der Waals surface area contributed by atoms with Crippen LogP contribution in [0.1, 0.15) is 40.2 Å². The zero-order valence-corrected chi connectivity index (χ0v) is 17.3. The second-order valence-electron chi connectivity index (χ2n) is 7.66. The first-order valence-electron chi connectivity index (χ1n) is 8.86. The number of hydrogen-bond donors (Lipinski definition) is 1. The number of carbonyl (C=O) groups excluding carboxylic acids is 1. The minimum Gasteiger partial charge on any atom is -0.400 e. The molecule has 28 heavy (non-hydrogen) atoms. The van der Waals surface area contributed by atoms with Crippen molar-refractivity contribution in [1.82, 2.24) is 4.98 Å². The standard InChI is InChI=1S/C19H22BNO6S/c1-11(22)28-10-13(20-26-18(2,3)19(4,5)27-20)9-12-7-6-8-14-15(12)16(23)25-17(24)21-14/h6-9H,10H2,1-5H3,(H,21,24). The summed E-state index contributed by atoms with van der Waals surface area (Å²) in [6.45, 7) is 9.27. The van der Waals surface area contributed by atoms with Gasteiger partial charge in [0.25, 0.3) is 0 Å². The molecule has 0 bridgehead atoms. The molecule has 0 atom stereocenters. The summed E-state index contributed by atoms with van der Waals surface area (Å²) in [4.78, 5) is 37.7. The molecule has 7 nitrogen and oxygen atoms in total. The molecule has 1 aliphatic rings. The maximum atomic E-state index is 12.3. The predicted octanol–water partition coefficient (Wildman–Crippen LogP) is 2.78. The van der Waals surface area contributed by atoms with Gasteiger partial charge in [-0.2, -0.15) is 0 Å². The second kappa shape index (κ2) is 7.38. The van der Waals surface area contributed by atoms with Gasteiger partial charge in [-0.3, -0.25) is 9.78 Å². The van der Waals surface area contributed by atoms with E-state index in [2.05, 4.69) is 9.40 Å². The molecular formula is C19H22BNO6S. The molecule has 148 valence electrons. The van der Waals surface area contributed by atoms with Gasteiger partial charge in [0.15, 0.2) is 5.12 Å². The topological polar surface area (TPSA) is 98.6 Å². The summed E-state index contributed by atoms with van der Waals surface area (Å²) in [5, 5.41) is 0.216. The van der Waals surface area contributed by atoms with Crippen molar-refractivity contribution in [2.24, 2.45) is 0 Å². The van der Waals surface area contributed by atoms with Gasteiger partial charge in [-0.05, 0) is 44.8 Å². The lowest BCUT2D eigenvalue weighted by Crippen LogP contribution is -2.41. The number of carbonyl (C=O) groups is 1. The second-order valence-corrected chi connectivity index (χ2v) is 8.81. The summed E-state index contributed by atoms with van der Waals surface area (Å²) >= 11 is 1.13. The minimum atomic E-state index is -0.808. The molecule has 1 aromatic heterocycles. The van der Waals surface area contributed by atoms with Gasteiger partial charge in [0.05, 0.1) is 22.1 Å². The van der Waals surface area contributed by atoms with Crippen LogP contribution in [0, 0.1) is 0 Å². The summed E-state index contributed by atoms with van der Waals surface area (Å²) in [7, 11) is -0.665. The monoisotopic (exact) mass is 403 g/mol. The Bertz CT molecular complexity index is 1050. The van der Waals surface area contributed by atoms with Crippen LogP contribution in [-0.4, -0.2) is 34.2 Å². The van der Waals surface area contributed by atoms with Crippen molar-refractivity contribution < 1.29 is 18.5 Å². The normalized spacial score (nSPS) is 18.6. The SMILES string of the molecule is CC(=O)SCC(=Cc1cccc2[nH]c(=O)oc(=O)c12)B1OC(C)(C)C(C)(C)O1. The van der Waals surface area contributed by atoms with Gasteiger partial charge in [0.2, 0.25) is 0 Å². The Morgan fingerprint density at radius 3 is 2.43 bits per heavy atom. The summed E-state index contributed by atoms with van der Waals surface area (Å²) < 4.78 is 16.9. The van der Waals surface area contributed by atoms with E-state index in [0.717, 1.165) is 11.8 Å². The molecule has 1 aliphatic heterocycles. The molecule has 1 N–H and O–H groups in total. The molecule has 2 heterocycles. The molecule has 0 unspecified atom stereocenters. The largest absolute Gasteiger partial charge is 0.491 e. The Hall–Kier alpha value is -2.10. The molecule has 9 heteroatoms. The molecule has 2 aromatic rings. The zero-order chi connectivity index (χ0) is 20.7. The fraction of sp³-hybridized carbons (Fsp3) is 0.421. The van der Waals surface area contributed by atoms with E-state index in [-0.39, 0.29) is 10.5 Å². The number of H-pyrrole nitrogens is 1. The highest BCUT2D eigenvalue weighted by molar-refractivity contribution is 8.13. The van der Waals surface area contributed by atoms with Crippen molar-refractivity contribution in [3.63, 3.8) is 0 Å². The van der Waals surface area contributed by atoms with Gasteiger partial charge in [-0.1, -0.05) is 30.0 Å². The number of fused-ring (bicyclic) bond motifs is 1. The molecule has 0 spiro atoms. The van der Waals surface area contributed by atoms with Crippen LogP contribution in [0.4, 0.5) is 0 Å².